The van der Waals surface area contributed by atoms with E-state index in [2.05, 4.69) is 5.32 Å². The van der Waals surface area contributed by atoms with E-state index in [9.17, 15) is 9.59 Å². The van der Waals surface area contributed by atoms with E-state index in [1.807, 2.05) is 61.5 Å². The molecular formula is C22H26N2O3. The van der Waals surface area contributed by atoms with E-state index in [0.717, 1.165) is 24.2 Å². The number of piperidine rings is 1. The molecule has 0 aliphatic carbocycles. The lowest BCUT2D eigenvalue weighted by atomic mass is 9.80. The number of hydrogen-bond acceptors (Lipinski definition) is 3. The van der Waals surface area contributed by atoms with Crippen molar-refractivity contribution in [3.63, 3.8) is 0 Å². The van der Waals surface area contributed by atoms with E-state index in [1.54, 1.807) is 12.0 Å². The third-order valence-corrected chi connectivity index (χ3v) is 5.14. The van der Waals surface area contributed by atoms with Crippen LogP contribution in [0.15, 0.2) is 54.6 Å². The number of amides is 2. The lowest BCUT2D eigenvalue weighted by Gasteiger charge is -2.39. The highest BCUT2D eigenvalue weighted by Gasteiger charge is 2.39. The van der Waals surface area contributed by atoms with Crippen molar-refractivity contribution in [2.45, 2.75) is 26.3 Å². The number of hydrogen-bond donors (Lipinski definition) is 1. The molecule has 2 aromatic rings. The average Bonchev–Trinajstić information content (AvgIpc) is 2.72. The van der Waals surface area contributed by atoms with Crippen molar-refractivity contribution < 1.29 is 14.3 Å². The molecule has 0 aromatic heterocycles. The van der Waals surface area contributed by atoms with Gasteiger partial charge in [-0.15, -0.1) is 0 Å². The summed E-state index contributed by atoms with van der Waals surface area (Å²) in [6.07, 6.45) is 1.59. The minimum absolute atomic E-state index is 0.0119. The van der Waals surface area contributed by atoms with Crippen LogP contribution in [0.4, 0.5) is 0 Å². The maximum absolute atomic E-state index is 12.9. The van der Waals surface area contributed by atoms with Gasteiger partial charge in [-0.05, 0) is 49.6 Å². The maximum atomic E-state index is 12.9. The van der Waals surface area contributed by atoms with Crippen LogP contribution < -0.4 is 10.1 Å². The van der Waals surface area contributed by atoms with Gasteiger partial charge in [0, 0.05) is 25.2 Å². The minimum atomic E-state index is -0.582. The van der Waals surface area contributed by atoms with Gasteiger partial charge in [-0.2, -0.15) is 0 Å². The molecule has 0 unspecified atom stereocenters. The van der Waals surface area contributed by atoms with Crippen LogP contribution in [0.2, 0.25) is 0 Å². The lowest BCUT2D eigenvalue weighted by Crippen LogP contribution is -2.51. The summed E-state index contributed by atoms with van der Waals surface area (Å²) < 4.78 is 5.22. The fraction of sp³-hybridized carbons (Fsp3) is 0.364. The van der Waals surface area contributed by atoms with Gasteiger partial charge in [0.1, 0.15) is 5.75 Å². The van der Waals surface area contributed by atoms with Crippen LogP contribution in [0.25, 0.3) is 0 Å². The van der Waals surface area contributed by atoms with Crippen LogP contribution in [0, 0.1) is 5.41 Å². The third kappa shape index (κ3) is 4.48. The van der Waals surface area contributed by atoms with E-state index in [4.69, 9.17) is 4.74 Å². The van der Waals surface area contributed by atoms with Crippen molar-refractivity contribution in [2.24, 2.45) is 5.41 Å². The SMILES string of the molecule is COc1cccc(CNC(=O)[C@@]2(C)CCCN(C(=O)c3ccccc3)C2)c1. The number of nitrogens with one attached hydrogen (secondary N) is 1. The topological polar surface area (TPSA) is 58.6 Å². The number of likely N-dealkylation sites (tertiary alicyclic amines) is 1. The number of methoxy groups -OCH3 is 1. The quantitative estimate of drug-likeness (QED) is 0.884. The Morgan fingerprint density at radius 2 is 1.93 bits per heavy atom. The molecular weight excluding hydrogens is 340 g/mol. The lowest BCUT2D eigenvalue weighted by molar-refractivity contribution is -0.132. The van der Waals surface area contributed by atoms with E-state index in [0.29, 0.717) is 25.2 Å². The second-order valence-electron chi connectivity index (χ2n) is 7.29. The Balaban J connectivity index is 1.64. The van der Waals surface area contributed by atoms with Gasteiger partial charge in [0.15, 0.2) is 0 Å². The molecule has 1 aliphatic heterocycles. The van der Waals surface area contributed by atoms with Crippen molar-refractivity contribution >= 4 is 11.8 Å². The predicted molar refractivity (Wildman–Crippen MR) is 105 cm³/mol. The number of carbonyl (C=O) groups is 2. The zero-order chi connectivity index (χ0) is 19.3. The van der Waals surface area contributed by atoms with E-state index < -0.39 is 5.41 Å². The highest BCUT2D eigenvalue weighted by Crippen LogP contribution is 2.30. The zero-order valence-corrected chi connectivity index (χ0v) is 15.9. The largest absolute Gasteiger partial charge is 0.497 e. The molecule has 27 heavy (non-hydrogen) atoms. The van der Waals surface area contributed by atoms with Gasteiger partial charge in [-0.25, -0.2) is 0 Å². The number of rotatable bonds is 5. The summed E-state index contributed by atoms with van der Waals surface area (Å²) in [6.45, 7) is 3.51. The average molecular weight is 366 g/mol. The second kappa shape index (κ2) is 8.25. The normalized spacial score (nSPS) is 19.4. The first-order valence-corrected chi connectivity index (χ1v) is 9.27. The van der Waals surface area contributed by atoms with Crippen molar-refractivity contribution in [1.82, 2.24) is 10.2 Å². The molecule has 1 atom stereocenters. The Hall–Kier alpha value is -2.82. The maximum Gasteiger partial charge on any atom is 0.253 e. The van der Waals surface area contributed by atoms with E-state index in [-0.39, 0.29) is 11.8 Å². The smallest absolute Gasteiger partial charge is 0.253 e. The van der Waals surface area contributed by atoms with Gasteiger partial charge in [-0.1, -0.05) is 30.3 Å². The third-order valence-electron chi connectivity index (χ3n) is 5.14. The first-order valence-electron chi connectivity index (χ1n) is 9.27. The monoisotopic (exact) mass is 366 g/mol. The van der Waals surface area contributed by atoms with Crippen molar-refractivity contribution in [3.8, 4) is 5.75 Å². The van der Waals surface area contributed by atoms with Gasteiger partial charge in [0.25, 0.3) is 5.91 Å². The summed E-state index contributed by atoms with van der Waals surface area (Å²) >= 11 is 0. The fourth-order valence-corrected chi connectivity index (χ4v) is 3.54. The Morgan fingerprint density at radius 3 is 2.67 bits per heavy atom. The molecule has 1 aliphatic rings. The van der Waals surface area contributed by atoms with Crippen LogP contribution in [-0.4, -0.2) is 36.9 Å². The second-order valence-corrected chi connectivity index (χ2v) is 7.29. The molecule has 0 radical (unpaired) electrons. The first kappa shape index (κ1) is 19.0. The Morgan fingerprint density at radius 1 is 1.15 bits per heavy atom. The predicted octanol–water partition coefficient (Wildman–Crippen LogP) is 3.25. The first-order chi connectivity index (χ1) is 13.0. The molecule has 1 heterocycles. The summed E-state index contributed by atoms with van der Waals surface area (Å²) in [4.78, 5) is 27.4. The van der Waals surface area contributed by atoms with Crippen LogP contribution in [0.5, 0.6) is 5.75 Å². The molecule has 0 spiro atoms. The number of carbonyl (C=O) groups excluding carboxylic acids is 2. The molecule has 2 amide bonds. The fourth-order valence-electron chi connectivity index (χ4n) is 3.54. The number of ether oxygens (including phenoxy) is 1. The van der Waals surface area contributed by atoms with Crippen LogP contribution in [0.3, 0.4) is 0 Å². The van der Waals surface area contributed by atoms with Crippen LogP contribution >= 0.6 is 0 Å². The molecule has 2 aromatic carbocycles. The highest BCUT2D eigenvalue weighted by molar-refractivity contribution is 5.95. The van der Waals surface area contributed by atoms with Gasteiger partial charge < -0.3 is 15.0 Å². The summed E-state index contributed by atoms with van der Waals surface area (Å²) in [5.41, 5.74) is 1.07. The summed E-state index contributed by atoms with van der Waals surface area (Å²) in [5.74, 6) is 0.739. The minimum Gasteiger partial charge on any atom is -0.497 e. The Labute approximate surface area is 160 Å². The van der Waals surface area contributed by atoms with Crippen LogP contribution in [-0.2, 0) is 11.3 Å². The van der Waals surface area contributed by atoms with Crippen molar-refractivity contribution in [2.75, 3.05) is 20.2 Å². The Bertz CT molecular complexity index is 806. The van der Waals surface area contributed by atoms with Gasteiger partial charge in [0.05, 0.1) is 12.5 Å². The molecule has 1 N–H and O–H groups in total. The summed E-state index contributed by atoms with van der Waals surface area (Å²) in [5, 5.41) is 3.03. The van der Waals surface area contributed by atoms with Gasteiger partial charge in [0.2, 0.25) is 5.91 Å². The molecule has 0 bridgehead atoms. The Kier molecular flexibility index (Phi) is 5.79. The molecule has 3 rings (SSSR count). The van der Waals surface area contributed by atoms with Crippen LogP contribution in [0.1, 0.15) is 35.7 Å². The standard InChI is InChI=1S/C22H26N2O3/c1-22(21(26)23-15-17-8-6-11-19(14-17)27-2)12-7-13-24(16-22)20(25)18-9-4-3-5-10-18/h3-6,8-11,14H,7,12-13,15-16H2,1-2H3,(H,23,26)/t22-/m0/s1. The van der Waals surface area contributed by atoms with Gasteiger partial charge in [-0.3, -0.25) is 9.59 Å². The molecule has 1 saturated heterocycles. The molecule has 142 valence electrons. The number of benzene rings is 2. The van der Waals surface area contributed by atoms with E-state index >= 15 is 0 Å². The van der Waals surface area contributed by atoms with Crippen molar-refractivity contribution in [3.05, 3.63) is 65.7 Å². The molecule has 5 heteroatoms. The summed E-state index contributed by atoms with van der Waals surface area (Å²) in [6, 6.07) is 16.9. The molecule has 1 fully saturated rings. The summed E-state index contributed by atoms with van der Waals surface area (Å²) in [7, 11) is 1.62. The molecule has 5 nitrogen and oxygen atoms in total. The van der Waals surface area contributed by atoms with Gasteiger partial charge >= 0.3 is 0 Å². The zero-order valence-electron chi connectivity index (χ0n) is 15.9. The number of nitrogens with zero attached hydrogens (tertiary/aromatic N) is 1. The van der Waals surface area contributed by atoms with E-state index in [1.165, 1.54) is 0 Å². The highest BCUT2D eigenvalue weighted by atomic mass is 16.5. The molecule has 0 saturated carbocycles. The van der Waals surface area contributed by atoms with Crippen molar-refractivity contribution in [1.29, 1.82) is 0 Å².